The van der Waals surface area contributed by atoms with Crippen LogP contribution in [0.4, 0.5) is 29.7 Å². The van der Waals surface area contributed by atoms with Crippen molar-refractivity contribution in [2.45, 2.75) is 70.6 Å². The van der Waals surface area contributed by atoms with Crippen molar-refractivity contribution in [2.24, 2.45) is 5.92 Å². The van der Waals surface area contributed by atoms with Gasteiger partial charge in [0, 0.05) is 24.8 Å². The van der Waals surface area contributed by atoms with Crippen LogP contribution in [0.25, 0.3) is 0 Å². The average Bonchev–Trinajstić information content (AvgIpc) is 3.78. The molecule has 11 nitrogen and oxygen atoms in total. The highest BCUT2D eigenvalue weighted by Gasteiger charge is 2.47. The van der Waals surface area contributed by atoms with Gasteiger partial charge in [-0.2, -0.15) is 8.78 Å². The third-order valence-corrected chi connectivity index (χ3v) is 7.47. The average molecular weight is 616 g/mol. The third kappa shape index (κ3) is 6.87. The lowest BCUT2D eigenvalue weighted by Crippen LogP contribution is -2.51. The number of nitrogens with zero attached hydrogens (tertiary/aromatic N) is 2. The number of carbonyl (C=O) groups is 4. The molecule has 1 aliphatic carbocycles. The summed E-state index contributed by atoms with van der Waals surface area (Å²) in [4.78, 5) is 54.5. The van der Waals surface area contributed by atoms with E-state index in [1.807, 2.05) is 6.07 Å². The van der Waals surface area contributed by atoms with Crippen molar-refractivity contribution in [1.82, 2.24) is 4.90 Å². The first kappa shape index (κ1) is 31.0. The number of fused-ring (bicyclic) bond motifs is 1. The summed E-state index contributed by atoms with van der Waals surface area (Å²) in [6.45, 7) is 7.48. The van der Waals surface area contributed by atoms with Gasteiger partial charge >= 0.3 is 24.3 Å². The summed E-state index contributed by atoms with van der Waals surface area (Å²) in [6.07, 6.45) is -3.54. The molecule has 3 amide bonds. The minimum Gasteiger partial charge on any atom is -0.444 e. The molecule has 13 heteroatoms. The van der Waals surface area contributed by atoms with Crippen molar-refractivity contribution in [3.63, 3.8) is 0 Å². The van der Waals surface area contributed by atoms with E-state index in [-0.39, 0.29) is 48.2 Å². The lowest BCUT2D eigenvalue weighted by molar-refractivity contribution is -0.189. The van der Waals surface area contributed by atoms with Crippen molar-refractivity contribution in [2.75, 3.05) is 29.9 Å². The Balaban J connectivity index is 1.47. The highest BCUT2D eigenvalue weighted by Crippen LogP contribution is 2.43. The van der Waals surface area contributed by atoms with E-state index in [4.69, 9.17) is 14.2 Å². The second kappa shape index (κ2) is 11.9. The van der Waals surface area contributed by atoms with E-state index in [1.165, 1.54) is 23.1 Å². The maximum absolute atomic E-state index is 14.5. The Morgan fingerprint density at radius 1 is 1.11 bits per heavy atom. The number of hydrogen-bond donors (Lipinski definition) is 1. The van der Waals surface area contributed by atoms with Gasteiger partial charge in [0.2, 0.25) is 5.91 Å². The molecule has 2 fully saturated rings. The van der Waals surface area contributed by atoms with Gasteiger partial charge in [0.05, 0.1) is 18.2 Å². The lowest BCUT2D eigenvalue weighted by atomic mass is 9.79. The van der Waals surface area contributed by atoms with Crippen LogP contribution in [0.1, 0.15) is 58.4 Å². The molecule has 1 saturated heterocycles. The van der Waals surface area contributed by atoms with Crippen molar-refractivity contribution in [1.29, 1.82) is 0 Å². The molecule has 1 saturated carbocycles. The van der Waals surface area contributed by atoms with E-state index >= 15 is 0 Å². The smallest absolute Gasteiger partial charge is 0.444 e. The molecule has 5 rings (SSSR count). The second-order valence-electron chi connectivity index (χ2n) is 12.0. The van der Waals surface area contributed by atoms with Crippen molar-refractivity contribution >= 4 is 35.4 Å². The minimum absolute atomic E-state index is 0.0243. The number of nitrogens with one attached hydrogen (secondary N) is 1. The fourth-order valence-electron chi connectivity index (χ4n) is 5.41. The number of anilines is 2. The predicted molar refractivity (Wildman–Crippen MR) is 154 cm³/mol. The molecule has 1 N–H and O–H groups in total. The highest BCUT2D eigenvalue weighted by atomic mass is 19.3. The van der Waals surface area contributed by atoms with Crippen LogP contribution in [0, 0.1) is 5.92 Å². The van der Waals surface area contributed by atoms with E-state index in [9.17, 15) is 28.0 Å². The predicted octanol–water partition coefficient (Wildman–Crippen LogP) is 5.68. The van der Waals surface area contributed by atoms with E-state index in [2.05, 4.69) is 10.1 Å². The van der Waals surface area contributed by atoms with Gasteiger partial charge in [0.1, 0.15) is 11.4 Å². The summed E-state index contributed by atoms with van der Waals surface area (Å²) < 4.78 is 48.0. The Hall–Kier alpha value is -4.42. The van der Waals surface area contributed by atoms with Crippen LogP contribution in [0.5, 0.6) is 11.5 Å². The van der Waals surface area contributed by atoms with Gasteiger partial charge in [-0.05, 0) is 88.8 Å². The zero-order chi connectivity index (χ0) is 31.8. The Bertz CT molecular complexity index is 1460. The molecule has 2 aliphatic heterocycles. The van der Waals surface area contributed by atoms with E-state index < -0.39 is 35.8 Å². The zero-order valence-corrected chi connectivity index (χ0v) is 24.9. The maximum Gasteiger partial charge on any atom is 0.513 e. The van der Waals surface area contributed by atoms with Crippen LogP contribution >= 0.6 is 0 Å². The number of ether oxygens (including phenoxy) is 4. The lowest BCUT2D eigenvalue weighted by Gasteiger charge is -2.40. The number of benzene rings is 2. The van der Waals surface area contributed by atoms with Gasteiger partial charge in [0.25, 0.3) is 0 Å². The zero-order valence-electron chi connectivity index (χ0n) is 24.9. The second-order valence-corrected chi connectivity index (χ2v) is 12.0. The number of rotatable bonds is 6. The molecule has 0 radical (unpaired) electrons. The first-order valence-electron chi connectivity index (χ1n) is 14.5. The van der Waals surface area contributed by atoms with Crippen LogP contribution in [0.3, 0.4) is 0 Å². The summed E-state index contributed by atoms with van der Waals surface area (Å²) in [5.41, 5.74) is 0.422. The van der Waals surface area contributed by atoms with E-state index in [0.717, 1.165) is 18.4 Å². The third-order valence-electron chi connectivity index (χ3n) is 7.47. The van der Waals surface area contributed by atoms with Gasteiger partial charge in [-0.15, -0.1) is 0 Å². The summed E-state index contributed by atoms with van der Waals surface area (Å²) in [5, 5.41) is 2.16. The van der Waals surface area contributed by atoms with Crippen molar-refractivity contribution < 1.29 is 46.9 Å². The minimum atomic E-state index is -4.01. The first-order valence-corrected chi connectivity index (χ1v) is 14.5. The van der Waals surface area contributed by atoms with Gasteiger partial charge in [-0.3, -0.25) is 9.59 Å². The van der Waals surface area contributed by atoms with Gasteiger partial charge in [-0.1, -0.05) is 12.1 Å². The molecule has 0 aromatic heterocycles. The first-order chi connectivity index (χ1) is 20.8. The van der Waals surface area contributed by atoms with Crippen LogP contribution < -0.4 is 19.7 Å². The number of amides is 3. The monoisotopic (exact) mass is 615 g/mol. The van der Waals surface area contributed by atoms with Gasteiger partial charge in [-0.25, -0.2) is 9.59 Å². The molecular formula is C31H35F2N3O8. The molecule has 0 spiro atoms. The van der Waals surface area contributed by atoms with Crippen LogP contribution in [0.2, 0.25) is 0 Å². The standard InChI is InChI=1S/C31H35F2N3O8/c1-5-41-29(40)42-21-8-6-7-18(15-21)22-13-14-35(28(39)44-30(2,3)4)17-23(22)26(37)36(19-9-10-19)20-11-12-25-24(16-20)34-27(38)31(32,33)43-25/h6-8,11-12,15-16,19,22-23H,5,9-10,13-14,17H2,1-4H3,(H,34,38)/t22-,23+/m1/s1. The summed E-state index contributed by atoms with van der Waals surface area (Å²) in [7, 11) is 0. The van der Waals surface area contributed by atoms with E-state index in [1.54, 1.807) is 50.8 Å². The fraction of sp³-hybridized carbons (Fsp3) is 0.484. The molecule has 44 heavy (non-hydrogen) atoms. The fourth-order valence-corrected chi connectivity index (χ4v) is 5.41. The largest absolute Gasteiger partial charge is 0.513 e. The SMILES string of the molecule is CCOC(=O)Oc1cccc([C@H]2CCN(C(=O)OC(C)(C)C)C[C@@H]2C(=O)N(c2ccc3c(c2)NC(=O)C(F)(F)O3)C2CC2)c1. The highest BCUT2D eigenvalue weighted by molar-refractivity contribution is 6.01. The Kier molecular flexibility index (Phi) is 8.41. The quantitative estimate of drug-likeness (QED) is 0.325. The summed E-state index contributed by atoms with van der Waals surface area (Å²) >= 11 is 0. The molecule has 2 aromatic rings. The van der Waals surface area contributed by atoms with Crippen LogP contribution in [-0.2, 0) is 19.1 Å². The molecule has 2 heterocycles. The maximum atomic E-state index is 14.5. The van der Waals surface area contributed by atoms with Crippen molar-refractivity contribution in [3.8, 4) is 11.5 Å². The molecular weight excluding hydrogens is 580 g/mol. The van der Waals surface area contributed by atoms with Crippen molar-refractivity contribution in [3.05, 3.63) is 48.0 Å². The topological polar surface area (TPSA) is 124 Å². The van der Waals surface area contributed by atoms with Gasteiger partial charge in [0.15, 0.2) is 5.75 Å². The molecule has 2 aromatic carbocycles. The number of carbonyl (C=O) groups excluding carboxylic acids is 4. The number of piperidine rings is 1. The Morgan fingerprint density at radius 3 is 2.55 bits per heavy atom. The molecule has 0 bridgehead atoms. The van der Waals surface area contributed by atoms with Gasteiger partial charge < -0.3 is 34.1 Å². The van der Waals surface area contributed by atoms with Crippen LogP contribution in [-0.4, -0.2) is 66.4 Å². The molecule has 3 aliphatic rings. The number of likely N-dealkylation sites (tertiary alicyclic amines) is 1. The Morgan fingerprint density at radius 2 is 1.86 bits per heavy atom. The molecule has 0 unspecified atom stereocenters. The van der Waals surface area contributed by atoms with E-state index in [0.29, 0.717) is 18.7 Å². The normalized spacial score (nSPS) is 20.9. The summed E-state index contributed by atoms with van der Waals surface area (Å²) in [6, 6.07) is 10.9. The number of halogens is 2. The number of alkyl halides is 2. The summed E-state index contributed by atoms with van der Waals surface area (Å²) in [5.74, 6) is -2.95. The molecule has 236 valence electrons. The Labute approximate surface area is 253 Å². The molecule has 2 atom stereocenters. The van der Waals surface area contributed by atoms with Crippen LogP contribution in [0.15, 0.2) is 42.5 Å². The number of hydrogen-bond acceptors (Lipinski definition) is 8.